The van der Waals surface area contributed by atoms with Crippen LogP contribution in [-0.2, 0) is 19.0 Å². The molecule has 3 aromatic heterocycles. The Hall–Kier alpha value is -3.39. The molecule has 8 heteroatoms. The number of fused-ring (bicyclic) bond motifs is 1. The summed E-state index contributed by atoms with van der Waals surface area (Å²) in [4.78, 5) is 20.6. The van der Waals surface area contributed by atoms with Gasteiger partial charge in [0.15, 0.2) is 0 Å². The number of likely N-dealkylation sites (tertiary alicyclic amines) is 1. The lowest BCUT2D eigenvalue weighted by Crippen LogP contribution is -2.43. The van der Waals surface area contributed by atoms with Crippen LogP contribution in [0.4, 0.5) is 4.39 Å². The predicted octanol–water partition coefficient (Wildman–Crippen LogP) is 5.38. The molecular weight excluding hydrogens is 481 g/mol. The third kappa shape index (κ3) is 4.06. The SMILES string of the molecule is Cc1c(F)c(CN2CCC[C@H](C)C2)cc2c(=O)c(-c3cncc(C4(c5nncn5C)CC(C)C4)c3)coc12. The van der Waals surface area contributed by atoms with Gasteiger partial charge >= 0.3 is 0 Å². The first-order valence-electron chi connectivity index (χ1n) is 13.5. The number of halogens is 1. The number of aromatic nitrogens is 4. The predicted molar refractivity (Wildman–Crippen MR) is 144 cm³/mol. The first-order chi connectivity index (χ1) is 18.3. The molecular formula is C30H34FN5O2. The Labute approximate surface area is 221 Å². The number of piperidine rings is 1. The molecule has 7 nitrogen and oxygen atoms in total. The van der Waals surface area contributed by atoms with Crippen LogP contribution in [0.25, 0.3) is 22.1 Å². The molecule has 1 aliphatic carbocycles. The lowest BCUT2D eigenvalue weighted by molar-refractivity contribution is 0.175. The number of pyridine rings is 1. The van der Waals surface area contributed by atoms with Gasteiger partial charge in [-0.25, -0.2) is 4.39 Å². The fourth-order valence-electron chi connectivity index (χ4n) is 6.71. The van der Waals surface area contributed by atoms with E-state index in [0.717, 1.165) is 43.7 Å². The molecule has 0 radical (unpaired) electrons. The molecule has 4 heterocycles. The van der Waals surface area contributed by atoms with Gasteiger partial charge in [-0.05, 0) is 68.7 Å². The normalized spacial score (nSPS) is 24.0. The highest BCUT2D eigenvalue weighted by molar-refractivity contribution is 5.84. The van der Waals surface area contributed by atoms with Crippen molar-refractivity contribution < 1.29 is 8.81 Å². The van der Waals surface area contributed by atoms with E-state index >= 15 is 4.39 Å². The van der Waals surface area contributed by atoms with Gasteiger partial charge in [-0.15, -0.1) is 10.2 Å². The van der Waals surface area contributed by atoms with E-state index in [-0.39, 0.29) is 16.7 Å². The molecule has 0 amide bonds. The number of benzene rings is 1. The molecule has 1 aromatic carbocycles. The monoisotopic (exact) mass is 515 g/mol. The average Bonchev–Trinajstić information content (AvgIpc) is 3.31. The van der Waals surface area contributed by atoms with Gasteiger partial charge in [-0.3, -0.25) is 14.7 Å². The van der Waals surface area contributed by atoms with Gasteiger partial charge in [-0.1, -0.05) is 13.8 Å². The smallest absolute Gasteiger partial charge is 0.200 e. The summed E-state index contributed by atoms with van der Waals surface area (Å²) in [6.45, 7) is 8.53. The molecule has 1 saturated carbocycles. The van der Waals surface area contributed by atoms with Crippen LogP contribution in [0.1, 0.15) is 62.0 Å². The highest BCUT2D eigenvalue weighted by Gasteiger charge is 2.48. The fourth-order valence-corrected chi connectivity index (χ4v) is 6.71. The van der Waals surface area contributed by atoms with Crippen LogP contribution >= 0.6 is 0 Å². The first-order valence-corrected chi connectivity index (χ1v) is 13.5. The molecule has 4 aromatic rings. The van der Waals surface area contributed by atoms with E-state index in [1.165, 1.54) is 12.7 Å². The van der Waals surface area contributed by atoms with Crippen molar-refractivity contribution in [2.24, 2.45) is 18.9 Å². The fraction of sp³-hybridized carbons (Fsp3) is 0.467. The maximum Gasteiger partial charge on any atom is 0.200 e. The zero-order chi connectivity index (χ0) is 26.6. The van der Waals surface area contributed by atoms with Gasteiger partial charge in [0.25, 0.3) is 0 Å². The second-order valence-corrected chi connectivity index (χ2v) is 11.6. The van der Waals surface area contributed by atoms with Crippen molar-refractivity contribution in [3.05, 3.63) is 75.7 Å². The Morgan fingerprint density at radius 1 is 1.18 bits per heavy atom. The Bertz CT molecular complexity index is 1570. The van der Waals surface area contributed by atoms with Crippen LogP contribution in [0.5, 0.6) is 0 Å². The third-order valence-corrected chi connectivity index (χ3v) is 8.57. The number of hydrogen-bond acceptors (Lipinski definition) is 6. The zero-order valence-corrected chi connectivity index (χ0v) is 22.5. The molecule has 0 unspecified atom stereocenters. The van der Waals surface area contributed by atoms with Gasteiger partial charge in [0, 0.05) is 49.2 Å². The van der Waals surface area contributed by atoms with Gasteiger partial charge < -0.3 is 8.98 Å². The second-order valence-electron chi connectivity index (χ2n) is 11.6. The summed E-state index contributed by atoms with van der Waals surface area (Å²) in [6.07, 6.45) is 10.9. The number of hydrogen-bond donors (Lipinski definition) is 0. The Balaban J connectivity index is 1.42. The highest BCUT2D eigenvalue weighted by atomic mass is 19.1. The van der Waals surface area contributed by atoms with E-state index in [1.807, 2.05) is 23.9 Å². The van der Waals surface area contributed by atoms with Gasteiger partial charge in [0.2, 0.25) is 5.43 Å². The van der Waals surface area contributed by atoms with E-state index in [2.05, 4.69) is 33.9 Å². The molecule has 198 valence electrons. The van der Waals surface area contributed by atoms with E-state index in [9.17, 15) is 4.79 Å². The van der Waals surface area contributed by atoms with Crippen LogP contribution in [0.15, 0.2) is 46.3 Å². The summed E-state index contributed by atoms with van der Waals surface area (Å²) >= 11 is 0. The standard InChI is InChI=1S/C30H34FN5O2/c1-18-6-5-7-36(14-18)15-22-9-24-27(37)25(16-38-28(24)20(3)26(22)31)21-8-23(13-32-12-21)30(10-19(2)11-30)29-34-33-17-35(29)4/h8-9,12-13,16-19H,5-7,10-11,14-15H2,1-4H3/t18-,19?,30?/m0/s1. The maximum atomic E-state index is 15.4. The van der Waals surface area contributed by atoms with Crippen molar-refractivity contribution in [2.45, 2.75) is 58.4 Å². The summed E-state index contributed by atoms with van der Waals surface area (Å²) in [5.41, 5.74) is 2.90. The van der Waals surface area contributed by atoms with Crippen molar-refractivity contribution in [1.82, 2.24) is 24.6 Å². The summed E-state index contributed by atoms with van der Waals surface area (Å²) in [5.74, 6) is 1.76. The molecule has 1 aliphatic heterocycles. The Morgan fingerprint density at radius 3 is 2.71 bits per heavy atom. The molecule has 0 bridgehead atoms. The quantitative estimate of drug-likeness (QED) is 0.355. The van der Waals surface area contributed by atoms with Crippen LogP contribution in [-0.4, -0.2) is 37.7 Å². The molecule has 0 spiro atoms. The van der Waals surface area contributed by atoms with Crippen LogP contribution < -0.4 is 5.43 Å². The van der Waals surface area contributed by atoms with E-state index < -0.39 is 0 Å². The van der Waals surface area contributed by atoms with Crippen molar-refractivity contribution in [1.29, 1.82) is 0 Å². The number of nitrogens with zero attached hydrogens (tertiary/aromatic N) is 5. The molecule has 1 saturated heterocycles. The molecule has 0 N–H and O–H groups in total. The van der Waals surface area contributed by atoms with Gasteiger partial charge in [0.05, 0.1) is 16.4 Å². The summed E-state index contributed by atoms with van der Waals surface area (Å²) in [7, 11) is 1.96. The molecule has 38 heavy (non-hydrogen) atoms. The lowest BCUT2D eigenvalue weighted by atomic mass is 9.58. The molecule has 6 rings (SSSR count). The van der Waals surface area contributed by atoms with Crippen LogP contribution in [0.2, 0.25) is 0 Å². The van der Waals surface area contributed by atoms with Crippen LogP contribution in [0.3, 0.4) is 0 Å². The van der Waals surface area contributed by atoms with Crippen molar-refractivity contribution in [2.75, 3.05) is 13.1 Å². The van der Waals surface area contributed by atoms with Crippen molar-refractivity contribution >= 4 is 11.0 Å². The topological polar surface area (TPSA) is 77.1 Å². The summed E-state index contributed by atoms with van der Waals surface area (Å²) in [6, 6.07) is 3.72. The minimum Gasteiger partial charge on any atom is -0.463 e. The van der Waals surface area contributed by atoms with E-state index in [4.69, 9.17) is 4.42 Å². The molecule has 1 atom stereocenters. The average molecular weight is 516 g/mol. The van der Waals surface area contributed by atoms with Gasteiger partial charge in [-0.2, -0.15) is 0 Å². The Kier molecular flexibility index (Phi) is 6.17. The summed E-state index contributed by atoms with van der Waals surface area (Å²) < 4.78 is 23.2. The molecule has 2 aliphatic rings. The highest BCUT2D eigenvalue weighted by Crippen LogP contribution is 2.51. The Morgan fingerprint density at radius 2 is 2.00 bits per heavy atom. The van der Waals surface area contributed by atoms with E-state index in [1.54, 1.807) is 25.5 Å². The largest absolute Gasteiger partial charge is 0.463 e. The number of rotatable bonds is 5. The van der Waals surface area contributed by atoms with Crippen molar-refractivity contribution in [3.8, 4) is 11.1 Å². The van der Waals surface area contributed by atoms with Crippen molar-refractivity contribution in [3.63, 3.8) is 0 Å². The van der Waals surface area contributed by atoms with E-state index in [0.29, 0.717) is 51.6 Å². The minimum absolute atomic E-state index is 0.170. The molecule has 2 fully saturated rings. The van der Waals surface area contributed by atoms with Crippen LogP contribution in [0, 0.1) is 24.6 Å². The summed E-state index contributed by atoms with van der Waals surface area (Å²) in [5, 5.41) is 8.95. The lowest BCUT2D eigenvalue weighted by Gasteiger charge is -2.45. The second kappa shape index (κ2) is 9.42. The van der Waals surface area contributed by atoms with Gasteiger partial charge in [0.1, 0.15) is 29.8 Å². The number of aryl methyl sites for hydroxylation is 2. The zero-order valence-electron chi connectivity index (χ0n) is 22.5. The minimum atomic E-state index is -0.292. The maximum absolute atomic E-state index is 15.4. The first kappa shape index (κ1) is 24.9. The third-order valence-electron chi connectivity index (χ3n) is 8.57.